The molecule has 0 aliphatic rings. The standard InChI is InChI=1S/C12H11ClF2N4O2/c1-7(19-6-16-5-17-19)11(20)18-8-2-3-10(9(13)4-8)21-12(14)15/h2-7,12H,1H3,(H,18,20). The van der Waals surface area contributed by atoms with Crippen molar-refractivity contribution in [2.24, 2.45) is 0 Å². The summed E-state index contributed by atoms with van der Waals surface area (Å²) in [4.78, 5) is 15.7. The van der Waals surface area contributed by atoms with Gasteiger partial charge in [-0.2, -0.15) is 13.9 Å². The summed E-state index contributed by atoms with van der Waals surface area (Å²) in [5, 5.41) is 6.43. The van der Waals surface area contributed by atoms with E-state index >= 15 is 0 Å². The fraction of sp³-hybridized carbons (Fsp3) is 0.250. The molecule has 0 fully saturated rings. The first-order chi connectivity index (χ1) is 9.97. The molecule has 0 aliphatic heterocycles. The predicted octanol–water partition coefficient (Wildman–Crippen LogP) is 2.73. The summed E-state index contributed by atoms with van der Waals surface area (Å²) in [6.07, 6.45) is 2.73. The van der Waals surface area contributed by atoms with Gasteiger partial charge in [-0.05, 0) is 25.1 Å². The molecule has 1 aromatic heterocycles. The van der Waals surface area contributed by atoms with Crippen molar-refractivity contribution in [1.29, 1.82) is 0 Å². The van der Waals surface area contributed by atoms with Gasteiger partial charge in [-0.25, -0.2) is 9.67 Å². The van der Waals surface area contributed by atoms with Crippen LogP contribution in [-0.2, 0) is 4.79 Å². The fourth-order valence-electron chi connectivity index (χ4n) is 1.55. The number of nitrogens with zero attached hydrogens (tertiary/aromatic N) is 3. The van der Waals surface area contributed by atoms with Crippen LogP contribution in [-0.4, -0.2) is 27.3 Å². The number of alkyl halides is 2. The highest BCUT2D eigenvalue weighted by Crippen LogP contribution is 2.29. The number of carbonyl (C=O) groups excluding carboxylic acids is 1. The Morgan fingerprint density at radius 3 is 2.81 bits per heavy atom. The molecule has 1 unspecified atom stereocenters. The molecule has 0 radical (unpaired) electrons. The second-order valence-electron chi connectivity index (χ2n) is 4.06. The Morgan fingerprint density at radius 1 is 1.48 bits per heavy atom. The van der Waals surface area contributed by atoms with Gasteiger partial charge in [0.05, 0.1) is 5.02 Å². The number of halogens is 3. The lowest BCUT2D eigenvalue weighted by Gasteiger charge is -2.13. The number of hydrogen-bond acceptors (Lipinski definition) is 4. The van der Waals surface area contributed by atoms with Crippen molar-refractivity contribution in [3.05, 3.63) is 35.9 Å². The molecule has 0 saturated carbocycles. The second-order valence-corrected chi connectivity index (χ2v) is 4.47. The van der Waals surface area contributed by atoms with Crippen LogP contribution in [0.2, 0.25) is 5.02 Å². The number of rotatable bonds is 5. The average molecular weight is 317 g/mol. The van der Waals surface area contributed by atoms with E-state index in [9.17, 15) is 13.6 Å². The van der Waals surface area contributed by atoms with Gasteiger partial charge in [-0.3, -0.25) is 4.79 Å². The summed E-state index contributed by atoms with van der Waals surface area (Å²) in [6.45, 7) is -1.32. The highest BCUT2D eigenvalue weighted by molar-refractivity contribution is 6.32. The minimum atomic E-state index is -2.96. The van der Waals surface area contributed by atoms with Crippen LogP contribution < -0.4 is 10.1 Å². The Bertz CT molecular complexity index is 622. The normalized spacial score (nSPS) is 12.2. The zero-order valence-corrected chi connectivity index (χ0v) is 11.6. The Hall–Kier alpha value is -2.22. The van der Waals surface area contributed by atoms with Crippen molar-refractivity contribution >= 4 is 23.2 Å². The molecule has 0 aliphatic carbocycles. The summed E-state index contributed by atoms with van der Waals surface area (Å²) < 4.78 is 29.8. The van der Waals surface area contributed by atoms with E-state index in [1.165, 1.54) is 35.5 Å². The highest BCUT2D eigenvalue weighted by Gasteiger charge is 2.16. The molecule has 0 spiro atoms. The topological polar surface area (TPSA) is 69.0 Å². The first kappa shape index (κ1) is 15.2. The lowest BCUT2D eigenvalue weighted by Crippen LogP contribution is -2.24. The predicted molar refractivity (Wildman–Crippen MR) is 71.4 cm³/mol. The van der Waals surface area contributed by atoms with Crippen LogP contribution in [0.3, 0.4) is 0 Å². The summed E-state index contributed by atoms with van der Waals surface area (Å²) in [7, 11) is 0. The number of amides is 1. The zero-order valence-electron chi connectivity index (χ0n) is 10.8. The van der Waals surface area contributed by atoms with E-state index < -0.39 is 12.7 Å². The van der Waals surface area contributed by atoms with Gasteiger partial charge in [-0.15, -0.1) is 0 Å². The number of hydrogen-bond donors (Lipinski definition) is 1. The molecule has 9 heteroatoms. The Labute approximate surface area is 123 Å². The number of anilines is 1. The third kappa shape index (κ3) is 3.88. The molecule has 1 N–H and O–H groups in total. The number of aromatic nitrogens is 3. The zero-order chi connectivity index (χ0) is 15.4. The van der Waals surface area contributed by atoms with Gasteiger partial charge in [0.15, 0.2) is 0 Å². The van der Waals surface area contributed by atoms with Crippen LogP contribution in [0.5, 0.6) is 5.75 Å². The lowest BCUT2D eigenvalue weighted by molar-refractivity contribution is -0.119. The highest BCUT2D eigenvalue weighted by atomic mass is 35.5. The van der Waals surface area contributed by atoms with Gasteiger partial charge in [-0.1, -0.05) is 11.6 Å². The quantitative estimate of drug-likeness (QED) is 0.921. The van der Waals surface area contributed by atoms with Crippen molar-refractivity contribution in [2.75, 3.05) is 5.32 Å². The fourth-order valence-corrected chi connectivity index (χ4v) is 1.78. The molecule has 6 nitrogen and oxygen atoms in total. The number of carbonyl (C=O) groups is 1. The van der Waals surface area contributed by atoms with E-state index in [1.54, 1.807) is 6.92 Å². The van der Waals surface area contributed by atoms with Crippen molar-refractivity contribution in [3.63, 3.8) is 0 Å². The first-order valence-corrected chi connectivity index (χ1v) is 6.24. The molecular weight excluding hydrogens is 306 g/mol. The number of ether oxygens (including phenoxy) is 1. The van der Waals surface area contributed by atoms with E-state index in [0.717, 1.165) is 0 Å². The van der Waals surface area contributed by atoms with E-state index in [1.807, 2.05) is 0 Å². The molecule has 2 rings (SSSR count). The van der Waals surface area contributed by atoms with Crippen molar-refractivity contribution < 1.29 is 18.3 Å². The van der Waals surface area contributed by atoms with Crippen LogP contribution >= 0.6 is 11.6 Å². The third-order valence-corrected chi connectivity index (χ3v) is 2.92. The number of nitrogens with one attached hydrogen (secondary N) is 1. The molecule has 1 aromatic carbocycles. The molecule has 1 amide bonds. The minimum absolute atomic E-state index is 0.0264. The maximum Gasteiger partial charge on any atom is 0.387 e. The van der Waals surface area contributed by atoms with E-state index in [0.29, 0.717) is 5.69 Å². The van der Waals surface area contributed by atoms with Gasteiger partial charge in [0, 0.05) is 5.69 Å². The Kier molecular flexibility index (Phi) is 4.69. The molecule has 1 heterocycles. The van der Waals surface area contributed by atoms with Gasteiger partial charge < -0.3 is 10.1 Å². The minimum Gasteiger partial charge on any atom is -0.433 e. The van der Waals surface area contributed by atoms with E-state index in [2.05, 4.69) is 20.1 Å². The average Bonchev–Trinajstić information content (AvgIpc) is 2.94. The van der Waals surface area contributed by atoms with Gasteiger partial charge >= 0.3 is 6.61 Å². The van der Waals surface area contributed by atoms with Crippen molar-refractivity contribution in [3.8, 4) is 5.75 Å². The molecule has 1 atom stereocenters. The van der Waals surface area contributed by atoms with E-state index in [4.69, 9.17) is 11.6 Å². The van der Waals surface area contributed by atoms with Crippen molar-refractivity contribution in [1.82, 2.24) is 14.8 Å². The third-order valence-electron chi connectivity index (χ3n) is 2.63. The maximum atomic E-state index is 12.1. The Morgan fingerprint density at radius 2 is 2.24 bits per heavy atom. The van der Waals surface area contributed by atoms with Crippen LogP contribution in [0.15, 0.2) is 30.9 Å². The van der Waals surface area contributed by atoms with Crippen LogP contribution in [0.4, 0.5) is 14.5 Å². The molecule has 0 bridgehead atoms. The van der Waals surface area contributed by atoms with E-state index in [-0.39, 0.29) is 16.7 Å². The van der Waals surface area contributed by atoms with Crippen LogP contribution in [0.1, 0.15) is 13.0 Å². The van der Waals surface area contributed by atoms with Crippen LogP contribution in [0.25, 0.3) is 0 Å². The summed E-state index contributed by atoms with van der Waals surface area (Å²) in [5.41, 5.74) is 0.360. The Balaban J connectivity index is 2.06. The molecular formula is C12H11ClF2N4O2. The van der Waals surface area contributed by atoms with Gasteiger partial charge in [0.2, 0.25) is 5.91 Å². The summed E-state index contributed by atoms with van der Waals surface area (Å²) >= 11 is 5.80. The van der Waals surface area contributed by atoms with Crippen molar-refractivity contribution in [2.45, 2.75) is 19.6 Å². The monoisotopic (exact) mass is 316 g/mol. The lowest BCUT2D eigenvalue weighted by atomic mass is 10.2. The molecule has 112 valence electrons. The van der Waals surface area contributed by atoms with Gasteiger partial charge in [0.25, 0.3) is 0 Å². The smallest absolute Gasteiger partial charge is 0.387 e. The molecule has 0 saturated heterocycles. The van der Waals surface area contributed by atoms with Gasteiger partial charge in [0.1, 0.15) is 24.4 Å². The number of benzene rings is 1. The maximum absolute atomic E-state index is 12.1. The second kappa shape index (κ2) is 6.49. The SMILES string of the molecule is CC(C(=O)Nc1ccc(OC(F)F)c(Cl)c1)n1cncn1. The molecule has 2 aromatic rings. The molecule has 21 heavy (non-hydrogen) atoms. The summed E-state index contributed by atoms with van der Waals surface area (Å²) in [6, 6.07) is 3.41. The first-order valence-electron chi connectivity index (χ1n) is 5.86. The van der Waals surface area contributed by atoms with Crippen LogP contribution in [0, 0.1) is 0 Å². The largest absolute Gasteiger partial charge is 0.433 e. The summed E-state index contributed by atoms with van der Waals surface area (Å²) in [5.74, 6) is -0.506.